The summed E-state index contributed by atoms with van der Waals surface area (Å²) in [5.74, 6) is -0.434. The zero-order valence-electron chi connectivity index (χ0n) is 15.8. The maximum absolute atomic E-state index is 10.9. The first kappa shape index (κ1) is 24.7. The van der Waals surface area contributed by atoms with Gasteiger partial charge in [0.15, 0.2) is 0 Å². The number of carboxylic acids is 1. The molecule has 29 heavy (non-hydrogen) atoms. The van der Waals surface area contributed by atoms with Crippen molar-refractivity contribution in [2.75, 3.05) is 0 Å². The summed E-state index contributed by atoms with van der Waals surface area (Å²) >= 11 is 13.6. The number of unbranched alkanes of at least 4 members (excludes halogenated alkanes) is 1. The zero-order chi connectivity index (χ0) is 21.8. The lowest BCUT2D eigenvalue weighted by atomic mass is 9.74. The third-order valence-electron chi connectivity index (χ3n) is 4.84. The fourth-order valence-electron chi connectivity index (χ4n) is 3.49. The number of benzene rings is 2. The highest BCUT2D eigenvalue weighted by Crippen LogP contribution is 2.40. The smallest absolute Gasteiger partial charge is 0.303 e. The molecule has 0 aliphatic heterocycles. The van der Waals surface area contributed by atoms with Crippen LogP contribution in [0.3, 0.4) is 0 Å². The van der Waals surface area contributed by atoms with Crippen LogP contribution in [0.5, 0.6) is 11.5 Å². The summed E-state index contributed by atoms with van der Waals surface area (Å²) in [5, 5.41) is 28.9. The van der Waals surface area contributed by atoms with E-state index in [9.17, 15) is 15.0 Å². The summed E-state index contributed by atoms with van der Waals surface area (Å²) in [4.78, 5) is 10.9. The van der Waals surface area contributed by atoms with Crippen LogP contribution in [0.4, 0.5) is 0 Å². The van der Waals surface area contributed by atoms with Crippen molar-refractivity contribution in [1.82, 2.24) is 0 Å². The molecule has 0 fully saturated rings. The number of hydrogen-bond acceptors (Lipinski definition) is 3. The Balaban J connectivity index is 2.28. The fraction of sp³-hybridized carbons (Fsp3) is 0.381. The average Bonchev–Trinajstić information content (AvgIpc) is 2.61. The second kappa shape index (κ2) is 10.6. The molecular weight excluding hydrogens is 636 g/mol. The third-order valence-corrected chi connectivity index (χ3v) is 7.25. The van der Waals surface area contributed by atoms with Crippen LogP contribution in [0, 0.1) is 5.41 Å². The first-order valence-corrected chi connectivity index (χ1v) is 12.2. The molecule has 8 heteroatoms. The van der Waals surface area contributed by atoms with Crippen LogP contribution in [-0.2, 0) is 17.6 Å². The van der Waals surface area contributed by atoms with E-state index in [-0.39, 0.29) is 23.3 Å². The largest absolute Gasteiger partial charge is 0.506 e. The highest BCUT2D eigenvalue weighted by molar-refractivity contribution is 9.11. The van der Waals surface area contributed by atoms with E-state index in [2.05, 4.69) is 70.6 Å². The Morgan fingerprint density at radius 3 is 1.55 bits per heavy atom. The number of phenols is 2. The standard InChI is InChI=1S/C21H22Br4O4/c1-21(5-3-2-4-18(26)27,10-12-6-14(22)19(28)15(23)7-12)11-13-8-16(24)20(29)17(25)9-13/h6-9,28-29H,2-5,10-11H2,1H3,(H,26,27). The summed E-state index contributed by atoms with van der Waals surface area (Å²) in [6.07, 6.45) is 3.98. The summed E-state index contributed by atoms with van der Waals surface area (Å²) in [6.45, 7) is 2.19. The van der Waals surface area contributed by atoms with Crippen molar-refractivity contribution in [2.24, 2.45) is 5.41 Å². The summed E-state index contributed by atoms with van der Waals surface area (Å²) in [5.41, 5.74) is 2.00. The van der Waals surface area contributed by atoms with Crippen molar-refractivity contribution in [3.8, 4) is 11.5 Å². The molecule has 2 aromatic carbocycles. The first-order valence-electron chi connectivity index (χ1n) is 9.06. The van der Waals surface area contributed by atoms with Crippen LogP contribution in [0.25, 0.3) is 0 Å². The van der Waals surface area contributed by atoms with Gasteiger partial charge in [0.25, 0.3) is 0 Å². The Morgan fingerprint density at radius 2 is 1.21 bits per heavy atom. The molecule has 0 unspecified atom stereocenters. The van der Waals surface area contributed by atoms with E-state index in [0.717, 1.165) is 36.8 Å². The van der Waals surface area contributed by atoms with Gasteiger partial charge in [-0.25, -0.2) is 0 Å². The second-order valence-corrected chi connectivity index (χ2v) is 11.0. The Bertz CT molecular complexity index is 793. The number of halogens is 4. The molecule has 2 rings (SSSR count). The lowest BCUT2D eigenvalue weighted by molar-refractivity contribution is -0.137. The summed E-state index contributed by atoms with van der Waals surface area (Å²) in [7, 11) is 0. The Morgan fingerprint density at radius 1 is 0.828 bits per heavy atom. The predicted molar refractivity (Wildman–Crippen MR) is 129 cm³/mol. The Hall–Kier alpha value is -0.570. The molecule has 158 valence electrons. The van der Waals surface area contributed by atoms with Gasteiger partial charge in [-0.2, -0.15) is 0 Å². The molecule has 0 atom stereocenters. The fourth-order valence-corrected chi connectivity index (χ4v) is 6.06. The molecule has 0 aliphatic carbocycles. The number of carbonyl (C=O) groups is 1. The quantitative estimate of drug-likeness (QED) is 0.243. The molecule has 4 nitrogen and oxygen atoms in total. The SMILES string of the molecule is CC(CCCCC(=O)O)(Cc1cc(Br)c(O)c(Br)c1)Cc1cc(Br)c(O)c(Br)c1. The third kappa shape index (κ3) is 7.26. The normalized spacial score (nSPS) is 11.6. The minimum absolute atomic E-state index is 0.135. The molecule has 0 aromatic heterocycles. The zero-order valence-corrected chi connectivity index (χ0v) is 22.2. The van der Waals surface area contributed by atoms with E-state index < -0.39 is 5.97 Å². The van der Waals surface area contributed by atoms with Crippen LogP contribution >= 0.6 is 63.7 Å². The van der Waals surface area contributed by atoms with Crippen molar-refractivity contribution < 1.29 is 20.1 Å². The van der Waals surface area contributed by atoms with E-state index >= 15 is 0 Å². The molecular formula is C21H22Br4O4. The molecule has 0 saturated carbocycles. The Kier molecular flexibility index (Phi) is 9.06. The molecule has 0 heterocycles. The molecule has 0 spiro atoms. The number of hydrogen-bond donors (Lipinski definition) is 3. The maximum atomic E-state index is 10.9. The minimum Gasteiger partial charge on any atom is -0.506 e. The highest BCUT2D eigenvalue weighted by Gasteiger charge is 2.26. The van der Waals surface area contributed by atoms with Crippen molar-refractivity contribution in [1.29, 1.82) is 0 Å². The van der Waals surface area contributed by atoms with Gasteiger partial charge in [0.1, 0.15) is 11.5 Å². The van der Waals surface area contributed by atoms with Crippen molar-refractivity contribution in [2.45, 2.75) is 45.4 Å². The van der Waals surface area contributed by atoms with E-state index in [1.165, 1.54) is 0 Å². The molecule has 0 bridgehead atoms. The van der Waals surface area contributed by atoms with Gasteiger partial charge in [-0.1, -0.05) is 13.3 Å². The molecule has 0 saturated heterocycles. The van der Waals surface area contributed by atoms with Crippen molar-refractivity contribution >= 4 is 69.7 Å². The Labute approximate surface area is 204 Å². The summed E-state index contributed by atoms with van der Waals surface area (Å²) < 4.78 is 2.52. The lowest BCUT2D eigenvalue weighted by Gasteiger charge is -2.31. The van der Waals surface area contributed by atoms with Gasteiger partial charge in [-0.15, -0.1) is 0 Å². The number of phenolic OH excluding ortho intramolecular Hbond substituents is 2. The van der Waals surface area contributed by atoms with E-state index in [0.29, 0.717) is 24.3 Å². The van der Waals surface area contributed by atoms with Gasteiger partial charge in [0.2, 0.25) is 0 Å². The average molecular weight is 658 g/mol. The van der Waals surface area contributed by atoms with Gasteiger partial charge in [0.05, 0.1) is 17.9 Å². The van der Waals surface area contributed by atoms with Crippen LogP contribution in [0.1, 0.15) is 43.7 Å². The summed E-state index contributed by atoms with van der Waals surface area (Å²) in [6, 6.07) is 7.66. The van der Waals surface area contributed by atoms with E-state index in [1.54, 1.807) is 0 Å². The second-order valence-electron chi connectivity index (χ2n) is 7.58. The monoisotopic (exact) mass is 654 g/mol. The molecule has 2 aromatic rings. The maximum Gasteiger partial charge on any atom is 0.303 e. The van der Waals surface area contributed by atoms with Crippen LogP contribution in [0.15, 0.2) is 42.2 Å². The topological polar surface area (TPSA) is 77.8 Å². The number of carboxylic acid groups (broad SMARTS) is 1. The molecule has 0 radical (unpaired) electrons. The van der Waals surface area contributed by atoms with E-state index in [1.807, 2.05) is 24.3 Å². The van der Waals surface area contributed by atoms with E-state index in [4.69, 9.17) is 5.11 Å². The number of aromatic hydroxyl groups is 2. The van der Waals surface area contributed by atoms with Gasteiger partial charge in [0, 0.05) is 6.42 Å². The van der Waals surface area contributed by atoms with Crippen LogP contribution in [-0.4, -0.2) is 21.3 Å². The first-order chi connectivity index (χ1) is 13.5. The highest BCUT2D eigenvalue weighted by atomic mass is 79.9. The molecule has 3 N–H and O–H groups in total. The minimum atomic E-state index is -0.774. The van der Waals surface area contributed by atoms with Crippen molar-refractivity contribution in [3.05, 3.63) is 53.3 Å². The van der Waals surface area contributed by atoms with Gasteiger partial charge >= 0.3 is 5.97 Å². The van der Waals surface area contributed by atoms with Gasteiger partial charge < -0.3 is 15.3 Å². The van der Waals surface area contributed by atoms with Crippen LogP contribution in [0.2, 0.25) is 0 Å². The van der Waals surface area contributed by atoms with Gasteiger partial charge in [-0.3, -0.25) is 4.79 Å². The molecule has 0 amide bonds. The van der Waals surface area contributed by atoms with Crippen LogP contribution < -0.4 is 0 Å². The number of rotatable bonds is 9. The predicted octanol–water partition coefficient (Wildman–Crippen LogP) is 7.58. The number of aliphatic carboxylic acids is 1. The van der Waals surface area contributed by atoms with Crippen molar-refractivity contribution in [3.63, 3.8) is 0 Å². The molecule has 0 aliphatic rings. The van der Waals surface area contributed by atoms with Gasteiger partial charge in [-0.05, 0) is 130 Å². The lowest BCUT2D eigenvalue weighted by Crippen LogP contribution is -2.23.